The summed E-state index contributed by atoms with van der Waals surface area (Å²) in [6.45, 7) is 8.65. The molecule has 154 valence electrons. The molecule has 0 unspecified atom stereocenters. The summed E-state index contributed by atoms with van der Waals surface area (Å²) in [6, 6.07) is 3.92. The largest absolute Gasteiger partial charge is 0.344 e. The number of anilines is 1. The normalized spacial score (nSPS) is 22.7. The van der Waals surface area contributed by atoms with Crippen molar-refractivity contribution < 1.29 is 4.79 Å². The molecule has 2 aromatic rings. The van der Waals surface area contributed by atoms with Crippen molar-refractivity contribution in [3.8, 4) is 0 Å². The molecule has 1 N–H and O–H groups in total. The number of aromatic nitrogens is 2. The van der Waals surface area contributed by atoms with Crippen molar-refractivity contribution in [1.29, 1.82) is 0 Å². The van der Waals surface area contributed by atoms with Crippen molar-refractivity contribution in [1.82, 2.24) is 9.13 Å². The lowest BCUT2D eigenvalue weighted by Gasteiger charge is -2.41. The molecule has 2 aromatic heterocycles. The monoisotopic (exact) mass is 413 g/mol. The zero-order valence-electron chi connectivity index (χ0n) is 17.5. The number of thiophene rings is 1. The minimum absolute atomic E-state index is 0.132. The topological polar surface area (TPSA) is 73.1 Å². The van der Waals surface area contributed by atoms with E-state index in [0.717, 1.165) is 10.6 Å². The third-order valence-electron chi connectivity index (χ3n) is 5.74. The predicted molar refractivity (Wildman–Crippen MR) is 116 cm³/mol. The number of carbonyl (C=O) groups excluding carboxylic acids is 1. The van der Waals surface area contributed by atoms with Gasteiger partial charge in [0.25, 0.3) is 5.56 Å². The van der Waals surface area contributed by atoms with E-state index in [-0.39, 0.29) is 34.3 Å². The van der Waals surface area contributed by atoms with E-state index in [4.69, 9.17) is 0 Å². The predicted octanol–water partition coefficient (Wildman–Crippen LogP) is 3.32. The number of nitrogens with one attached hydrogen (secondary N) is 1. The molecule has 2 atom stereocenters. The highest BCUT2D eigenvalue weighted by atomic mass is 32.1. The molecule has 7 heteroatoms. The molecule has 0 fully saturated rings. The van der Waals surface area contributed by atoms with Crippen LogP contribution >= 0.6 is 11.3 Å². The highest BCUT2D eigenvalue weighted by Gasteiger charge is 2.46. The van der Waals surface area contributed by atoms with Gasteiger partial charge in [-0.25, -0.2) is 4.79 Å². The van der Waals surface area contributed by atoms with Crippen molar-refractivity contribution in [3.63, 3.8) is 0 Å². The molecule has 0 saturated carbocycles. The molecule has 0 radical (unpaired) electrons. The zero-order valence-corrected chi connectivity index (χ0v) is 18.3. The zero-order chi connectivity index (χ0) is 21.1. The molecule has 1 aliphatic carbocycles. The van der Waals surface area contributed by atoms with Gasteiger partial charge in [0.2, 0.25) is 0 Å². The van der Waals surface area contributed by atoms with Gasteiger partial charge in [0, 0.05) is 36.5 Å². The Morgan fingerprint density at radius 1 is 1.24 bits per heavy atom. The summed E-state index contributed by atoms with van der Waals surface area (Å²) < 4.78 is 2.83. The maximum absolute atomic E-state index is 13.3. The minimum Gasteiger partial charge on any atom is -0.344 e. The second-order valence-electron chi connectivity index (χ2n) is 9.24. The molecule has 29 heavy (non-hydrogen) atoms. The molecule has 0 bridgehead atoms. The first-order chi connectivity index (χ1) is 13.6. The molecule has 3 heterocycles. The van der Waals surface area contributed by atoms with Gasteiger partial charge in [0.15, 0.2) is 0 Å². The van der Waals surface area contributed by atoms with E-state index in [1.807, 2.05) is 45.2 Å². The number of ketones is 1. The minimum atomic E-state index is -0.424. The molecule has 0 spiro atoms. The van der Waals surface area contributed by atoms with Crippen molar-refractivity contribution in [2.75, 3.05) is 5.32 Å². The summed E-state index contributed by atoms with van der Waals surface area (Å²) in [4.78, 5) is 40.4. The van der Waals surface area contributed by atoms with Crippen LogP contribution in [0.15, 0.2) is 38.9 Å². The van der Waals surface area contributed by atoms with Crippen LogP contribution in [0.25, 0.3) is 0 Å². The van der Waals surface area contributed by atoms with Gasteiger partial charge < -0.3 is 5.32 Å². The smallest absolute Gasteiger partial charge is 0.332 e. The summed E-state index contributed by atoms with van der Waals surface area (Å²) in [7, 11) is 1.52. The van der Waals surface area contributed by atoms with Gasteiger partial charge in [-0.3, -0.25) is 18.7 Å². The Labute approximate surface area is 173 Å². The Morgan fingerprint density at radius 3 is 2.59 bits per heavy atom. The molecular formula is C22H27N3O3S. The number of rotatable bonds is 3. The van der Waals surface area contributed by atoms with Crippen LogP contribution in [0.1, 0.15) is 50.5 Å². The van der Waals surface area contributed by atoms with Crippen LogP contribution in [-0.2, 0) is 18.4 Å². The van der Waals surface area contributed by atoms with Gasteiger partial charge in [-0.05, 0) is 22.8 Å². The number of hydrogen-bond donors (Lipinski definition) is 1. The summed E-state index contributed by atoms with van der Waals surface area (Å²) in [5.41, 5.74) is 0.400. The van der Waals surface area contributed by atoms with Crippen molar-refractivity contribution in [2.45, 2.75) is 46.6 Å². The van der Waals surface area contributed by atoms with Crippen molar-refractivity contribution in [3.05, 3.63) is 60.6 Å². The fourth-order valence-electron chi connectivity index (χ4n) is 4.59. The number of Topliss-reactive ketones (excluding diaryl/α,β-unsaturated/α-hetero) is 1. The van der Waals surface area contributed by atoms with E-state index in [1.165, 1.54) is 11.6 Å². The van der Waals surface area contributed by atoms with Crippen LogP contribution in [0, 0.1) is 17.3 Å². The summed E-state index contributed by atoms with van der Waals surface area (Å²) in [5, 5.41) is 5.32. The molecule has 1 aliphatic heterocycles. The van der Waals surface area contributed by atoms with Gasteiger partial charge in [-0.2, -0.15) is 0 Å². The molecule has 0 amide bonds. The number of hydrogen-bond acceptors (Lipinski definition) is 5. The third-order valence-corrected chi connectivity index (χ3v) is 6.70. The summed E-state index contributed by atoms with van der Waals surface area (Å²) >= 11 is 1.55. The Morgan fingerprint density at radius 2 is 1.97 bits per heavy atom. The van der Waals surface area contributed by atoms with Crippen LogP contribution in [0.5, 0.6) is 0 Å². The standard InChI is InChI=1S/C22H27N3O3S/c1-12(2)11-25-19-18(20(27)24(5)21(25)28)17(15-7-6-8-29-15)16-13(23-19)9-22(3,4)10-14(16)26/h6-9,12,16-17,23H,10-11H2,1-5H3/t16-,17-/m0/s1. The first kappa shape index (κ1) is 19.9. The van der Waals surface area contributed by atoms with Crippen LogP contribution in [0.3, 0.4) is 0 Å². The van der Waals surface area contributed by atoms with Gasteiger partial charge in [0.05, 0.1) is 11.5 Å². The molecule has 0 aromatic carbocycles. The number of carbonyl (C=O) groups is 1. The molecule has 0 saturated heterocycles. The molecule has 2 aliphatic rings. The fraction of sp³-hybridized carbons (Fsp3) is 0.500. The SMILES string of the molecule is CC(C)Cn1c2c(c(=O)n(C)c1=O)[C@@H](c1cccs1)[C@@H]1C(=O)CC(C)(C)C=C1N2. The number of allylic oxidation sites excluding steroid dienone is 2. The third kappa shape index (κ3) is 3.21. The van der Waals surface area contributed by atoms with Crippen LogP contribution < -0.4 is 16.6 Å². The lowest BCUT2D eigenvalue weighted by molar-refractivity contribution is -0.124. The van der Waals surface area contributed by atoms with Gasteiger partial charge in [-0.15, -0.1) is 11.3 Å². The highest BCUT2D eigenvalue weighted by Crippen LogP contribution is 2.48. The Kier molecular flexibility index (Phi) is 4.69. The quantitative estimate of drug-likeness (QED) is 0.838. The summed E-state index contributed by atoms with van der Waals surface area (Å²) in [5.74, 6) is 0.101. The molecule has 6 nitrogen and oxygen atoms in total. The van der Waals surface area contributed by atoms with Crippen LogP contribution in [0.4, 0.5) is 5.82 Å². The maximum atomic E-state index is 13.3. The van der Waals surface area contributed by atoms with E-state index >= 15 is 0 Å². The average molecular weight is 414 g/mol. The first-order valence-corrected chi connectivity index (χ1v) is 10.9. The fourth-order valence-corrected chi connectivity index (χ4v) is 5.46. The van der Waals surface area contributed by atoms with E-state index in [9.17, 15) is 14.4 Å². The molecule has 4 rings (SSSR count). The first-order valence-electron chi connectivity index (χ1n) is 10.0. The van der Waals surface area contributed by atoms with Crippen LogP contribution in [0.2, 0.25) is 0 Å². The van der Waals surface area contributed by atoms with E-state index in [0.29, 0.717) is 24.3 Å². The number of nitrogens with zero attached hydrogens (tertiary/aromatic N) is 2. The van der Waals surface area contributed by atoms with Crippen molar-refractivity contribution in [2.24, 2.45) is 24.3 Å². The second kappa shape index (κ2) is 6.83. The Balaban J connectivity index is 2.07. The van der Waals surface area contributed by atoms with E-state index in [2.05, 4.69) is 11.4 Å². The second-order valence-corrected chi connectivity index (χ2v) is 10.2. The average Bonchev–Trinajstić information content (AvgIpc) is 3.15. The van der Waals surface area contributed by atoms with E-state index in [1.54, 1.807) is 15.9 Å². The summed E-state index contributed by atoms with van der Waals surface area (Å²) in [6.07, 6.45) is 2.54. The van der Waals surface area contributed by atoms with Crippen LogP contribution in [-0.4, -0.2) is 14.9 Å². The van der Waals surface area contributed by atoms with Gasteiger partial charge in [0.1, 0.15) is 11.6 Å². The number of fused-ring (bicyclic) bond motifs is 2. The van der Waals surface area contributed by atoms with Gasteiger partial charge >= 0.3 is 5.69 Å². The van der Waals surface area contributed by atoms with Crippen molar-refractivity contribution >= 4 is 22.9 Å². The maximum Gasteiger partial charge on any atom is 0.332 e. The Hall–Kier alpha value is -2.41. The highest BCUT2D eigenvalue weighted by molar-refractivity contribution is 7.10. The molecular weight excluding hydrogens is 386 g/mol. The lowest BCUT2D eigenvalue weighted by atomic mass is 9.68. The van der Waals surface area contributed by atoms with E-state index < -0.39 is 5.92 Å². The van der Waals surface area contributed by atoms with Gasteiger partial charge in [-0.1, -0.05) is 39.8 Å². The lowest BCUT2D eigenvalue weighted by Crippen LogP contribution is -2.48. The Bertz CT molecular complexity index is 1120.